The van der Waals surface area contributed by atoms with E-state index < -0.39 is 11.8 Å². The molecule has 1 aliphatic heterocycles. The van der Waals surface area contributed by atoms with Gasteiger partial charge >= 0.3 is 0 Å². The van der Waals surface area contributed by atoms with E-state index in [9.17, 15) is 14.4 Å². The van der Waals surface area contributed by atoms with Crippen LogP contribution in [0, 0.1) is 13.8 Å². The third-order valence-corrected chi connectivity index (χ3v) is 9.00. The maximum Gasteiger partial charge on any atom is 0.285 e. The molecule has 1 aliphatic rings. The van der Waals surface area contributed by atoms with Crippen LogP contribution in [0.25, 0.3) is 6.08 Å². The predicted molar refractivity (Wildman–Crippen MR) is 170 cm³/mol. The Morgan fingerprint density at radius 1 is 1.10 bits per heavy atom. The van der Waals surface area contributed by atoms with Gasteiger partial charge in [0.25, 0.3) is 17.7 Å². The molecular weight excluding hydrogens is 702 g/mol. The molecule has 208 valence electrons. The van der Waals surface area contributed by atoms with Crippen molar-refractivity contribution in [3.63, 3.8) is 0 Å². The molecule has 1 aromatic heterocycles. The van der Waals surface area contributed by atoms with Crippen LogP contribution in [-0.4, -0.2) is 40.3 Å². The number of carbonyl (C=O) groups is 3. The number of nitrogens with one attached hydrogen (secondary N) is 2. The molecule has 13 heteroatoms. The standard InChI is InChI=1S/C27H23Br2N3O5S3/c1-4-36-20-11-16(12-22-26(35)32(27(38)40-22)31-25(34)21-6-5-7-39-21)10-18(29)24(20)37-13-23(33)30-19-9-15(3)14(2)8-17(19)28/h5-12H,4,13H2,1-3H3,(H,30,33)(H,31,34)/b22-12-. The van der Waals surface area contributed by atoms with Gasteiger partial charge in [0, 0.05) is 4.47 Å². The highest BCUT2D eigenvalue weighted by atomic mass is 79.9. The number of amides is 3. The first-order valence-corrected chi connectivity index (χ1v) is 15.5. The first-order chi connectivity index (χ1) is 19.1. The van der Waals surface area contributed by atoms with Gasteiger partial charge in [-0.25, -0.2) is 0 Å². The number of thiocarbonyl (C=S) groups is 1. The second kappa shape index (κ2) is 13.3. The molecule has 8 nitrogen and oxygen atoms in total. The molecule has 3 amide bonds. The van der Waals surface area contributed by atoms with Crippen LogP contribution in [-0.2, 0) is 9.59 Å². The molecule has 0 atom stereocenters. The van der Waals surface area contributed by atoms with Gasteiger partial charge in [-0.2, -0.15) is 5.01 Å². The van der Waals surface area contributed by atoms with E-state index in [0.29, 0.717) is 43.6 Å². The van der Waals surface area contributed by atoms with Gasteiger partial charge in [0.2, 0.25) is 0 Å². The molecule has 0 aliphatic carbocycles. The first-order valence-electron chi connectivity index (χ1n) is 11.9. The summed E-state index contributed by atoms with van der Waals surface area (Å²) in [5.74, 6) is -0.447. The lowest BCUT2D eigenvalue weighted by Crippen LogP contribution is -2.44. The van der Waals surface area contributed by atoms with Crippen LogP contribution in [0.4, 0.5) is 5.69 Å². The molecule has 40 heavy (non-hydrogen) atoms. The van der Waals surface area contributed by atoms with Crippen LogP contribution in [0.5, 0.6) is 11.5 Å². The van der Waals surface area contributed by atoms with Crippen LogP contribution in [0.15, 0.2) is 55.6 Å². The fraction of sp³-hybridized carbons (Fsp3) is 0.185. The normalized spacial score (nSPS) is 14.0. The second-order valence-corrected chi connectivity index (χ2v) is 12.8. The van der Waals surface area contributed by atoms with E-state index in [1.807, 2.05) is 32.9 Å². The van der Waals surface area contributed by atoms with Gasteiger partial charge in [-0.05, 0) is 123 Å². The van der Waals surface area contributed by atoms with E-state index >= 15 is 0 Å². The smallest absolute Gasteiger partial charge is 0.285 e. The van der Waals surface area contributed by atoms with Crippen molar-refractivity contribution in [2.75, 3.05) is 18.5 Å². The van der Waals surface area contributed by atoms with E-state index in [4.69, 9.17) is 21.7 Å². The topological polar surface area (TPSA) is 97.0 Å². The summed E-state index contributed by atoms with van der Waals surface area (Å²) in [6.45, 7) is 5.90. The van der Waals surface area contributed by atoms with Crippen molar-refractivity contribution >= 4 is 101 Å². The number of rotatable bonds is 9. The zero-order chi connectivity index (χ0) is 29.0. The Morgan fingerprint density at radius 3 is 2.55 bits per heavy atom. The number of anilines is 1. The average Bonchev–Trinajstić information content (AvgIpc) is 3.52. The molecule has 2 N–H and O–H groups in total. The summed E-state index contributed by atoms with van der Waals surface area (Å²) in [6, 6.07) is 10.7. The summed E-state index contributed by atoms with van der Waals surface area (Å²) in [5.41, 5.74) is 6.01. The summed E-state index contributed by atoms with van der Waals surface area (Å²) in [4.78, 5) is 38.9. The van der Waals surface area contributed by atoms with E-state index in [1.165, 1.54) is 11.3 Å². The zero-order valence-corrected chi connectivity index (χ0v) is 27.1. The minimum atomic E-state index is -0.441. The Morgan fingerprint density at radius 2 is 1.85 bits per heavy atom. The quantitative estimate of drug-likeness (QED) is 0.184. The Hall–Kier alpha value is -2.71. The van der Waals surface area contributed by atoms with Gasteiger partial charge in [0.15, 0.2) is 22.4 Å². The Labute approximate surface area is 261 Å². The number of hydrazine groups is 1. The van der Waals surface area contributed by atoms with Gasteiger partial charge in [-0.1, -0.05) is 17.8 Å². The maximum atomic E-state index is 13.0. The predicted octanol–water partition coefficient (Wildman–Crippen LogP) is 6.85. The number of carbonyl (C=O) groups excluding carboxylic acids is 3. The number of hydrogen-bond donors (Lipinski definition) is 2. The van der Waals surface area contributed by atoms with Crippen molar-refractivity contribution in [1.82, 2.24) is 10.4 Å². The number of hydrogen-bond acceptors (Lipinski definition) is 8. The highest BCUT2D eigenvalue weighted by Gasteiger charge is 2.34. The number of nitrogens with zero attached hydrogens (tertiary/aromatic N) is 1. The number of benzene rings is 2. The van der Waals surface area contributed by atoms with E-state index in [-0.39, 0.29) is 16.8 Å². The minimum Gasteiger partial charge on any atom is -0.490 e. The molecule has 0 bridgehead atoms. The summed E-state index contributed by atoms with van der Waals surface area (Å²) in [6.07, 6.45) is 1.65. The largest absolute Gasteiger partial charge is 0.490 e. The minimum absolute atomic E-state index is 0.214. The van der Waals surface area contributed by atoms with Crippen molar-refractivity contribution < 1.29 is 23.9 Å². The number of ether oxygens (including phenoxy) is 2. The van der Waals surface area contributed by atoms with Crippen molar-refractivity contribution in [2.24, 2.45) is 0 Å². The molecule has 2 aromatic carbocycles. The molecule has 2 heterocycles. The van der Waals surface area contributed by atoms with Gasteiger partial charge < -0.3 is 14.8 Å². The number of aryl methyl sites for hydroxylation is 2. The molecule has 0 saturated carbocycles. The summed E-state index contributed by atoms with van der Waals surface area (Å²) < 4.78 is 13.1. The molecule has 0 radical (unpaired) electrons. The molecule has 1 fully saturated rings. The number of halogens is 2. The van der Waals surface area contributed by atoms with Crippen LogP contribution in [0.1, 0.15) is 33.3 Å². The van der Waals surface area contributed by atoms with E-state index in [0.717, 1.165) is 32.4 Å². The number of thioether (sulfide) groups is 1. The van der Waals surface area contributed by atoms with Crippen LogP contribution < -0.4 is 20.2 Å². The average molecular weight is 726 g/mol. The molecule has 0 spiro atoms. The Kier molecular flexibility index (Phi) is 10.1. The highest BCUT2D eigenvalue weighted by Crippen LogP contribution is 2.39. The Balaban J connectivity index is 1.48. The lowest BCUT2D eigenvalue weighted by Gasteiger charge is -2.16. The SMILES string of the molecule is CCOc1cc(/C=C2\SC(=S)N(NC(=O)c3cccs3)C2=O)cc(Br)c1OCC(=O)Nc1cc(C)c(C)cc1Br. The van der Waals surface area contributed by atoms with Crippen LogP contribution >= 0.6 is 67.2 Å². The summed E-state index contributed by atoms with van der Waals surface area (Å²) in [7, 11) is 0. The van der Waals surface area contributed by atoms with Gasteiger partial charge in [0.1, 0.15) is 0 Å². The van der Waals surface area contributed by atoms with Crippen molar-refractivity contribution in [1.29, 1.82) is 0 Å². The van der Waals surface area contributed by atoms with Crippen molar-refractivity contribution in [3.05, 3.63) is 77.2 Å². The van der Waals surface area contributed by atoms with Crippen molar-refractivity contribution in [2.45, 2.75) is 20.8 Å². The molecule has 1 saturated heterocycles. The molecule has 0 unspecified atom stereocenters. The molecule has 4 rings (SSSR count). The van der Waals surface area contributed by atoms with Crippen LogP contribution in [0.3, 0.4) is 0 Å². The third kappa shape index (κ3) is 7.13. The fourth-order valence-corrected chi connectivity index (χ4v) is 6.48. The van der Waals surface area contributed by atoms with Crippen molar-refractivity contribution in [3.8, 4) is 11.5 Å². The van der Waals surface area contributed by atoms with E-state index in [1.54, 1.807) is 35.7 Å². The number of thiophene rings is 1. The van der Waals surface area contributed by atoms with Gasteiger partial charge in [0.05, 0.1) is 26.5 Å². The molecule has 3 aromatic rings. The lowest BCUT2D eigenvalue weighted by molar-refractivity contribution is -0.123. The zero-order valence-electron chi connectivity index (χ0n) is 21.5. The third-order valence-electron chi connectivity index (χ3n) is 5.59. The summed E-state index contributed by atoms with van der Waals surface area (Å²) >= 11 is 14.6. The second-order valence-electron chi connectivity index (χ2n) is 8.45. The monoisotopic (exact) mass is 723 g/mol. The fourth-order valence-electron chi connectivity index (χ4n) is 3.55. The Bertz CT molecular complexity index is 1530. The van der Waals surface area contributed by atoms with E-state index in [2.05, 4.69) is 42.6 Å². The highest BCUT2D eigenvalue weighted by molar-refractivity contribution is 9.11. The maximum absolute atomic E-state index is 13.0. The lowest BCUT2D eigenvalue weighted by atomic mass is 10.1. The first kappa shape index (κ1) is 30.3. The van der Waals surface area contributed by atoms with Crippen LogP contribution in [0.2, 0.25) is 0 Å². The summed E-state index contributed by atoms with van der Waals surface area (Å²) in [5, 5.41) is 5.69. The van der Waals surface area contributed by atoms with Gasteiger partial charge in [-0.3, -0.25) is 19.8 Å². The van der Waals surface area contributed by atoms with Gasteiger partial charge in [-0.15, -0.1) is 11.3 Å². The molecular formula is C27H23Br2N3O5S3.